The zero-order chi connectivity index (χ0) is 10.0. The highest BCUT2D eigenvalue weighted by atomic mass is 15.0. The van der Waals surface area contributed by atoms with E-state index in [9.17, 15) is 0 Å². The Bertz CT molecular complexity index is 288. The minimum absolute atomic E-state index is 0.222. The number of rotatable bonds is 3. The van der Waals surface area contributed by atoms with Crippen LogP contribution >= 0.6 is 0 Å². The Morgan fingerprint density at radius 3 is 2.43 bits per heavy atom. The summed E-state index contributed by atoms with van der Waals surface area (Å²) in [5, 5.41) is 3.58. The summed E-state index contributed by atoms with van der Waals surface area (Å²) in [7, 11) is 0. The van der Waals surface area contributed by atoms with Gasteiger partial charge in [0.2, 0.25) is 0 Å². The Morgan fingerprint density at radius 1 is 1.29 bits per heavy atom. The van der Waals surface area contributed by atoms with Crippen molar-refractivity contribution in [2.75, 3.05) is 5.32 Å². The molecule has 0 unspecified atom stereocenters. The van der Waals surface area contributed by atoms with Crippen molar-refractivity contribution in [3.63, 3.8) is 0 Å². The fourth-order valence-electron chi connectivity index (χ4n) is 2.04. The zero-order valence-corrected chi connectivity index (χ0v) is 8.96. The molecule has 1 fully saturated rings. The van der Waals surface area contributed by atoms with Gasteiger partial charge in [-0.1, -0.05) is 6.42 Å². The van der Waals surface area contributed by atoms with Gasteiger partial charge in [-0.05, 0) is 44.7 Å². The highest BCUT2D eigenvalue weighted by Gasteiger charge is 2.33. The summed E-state index contributed by atoms with van der Waals surface area (Å²) in [6.07, 6.45) is 7.79. The maximum atomic E-state index is 4.01. The quantitative estimate of drug-likeness (QED) is 0.792. The predicted molar refractivity (Wildman–Crippen MR) is 59.3 cm³/mol. The summed E-state index contributed by atoms with van der Waals surface area (Å²) >= 11 is 0. The first-order chi connectivity index (χ1) is 6.68. The van der Waals surface area contributed by atoms with Gasteiger partial charge in [0, 0.05) is 23.6 Å². The van der Waals surface area contributed by atoms with Gasteiger partial charge in [0.1, 0.15) is 0 Å². The van der Waals surface area contributed by atoms with E-state index in [-0.39, 0.29) is 5.54 Å². The molecule has 2 rings (SSSR count). The first-order valence-electron chi connectivity index (χ1n) is 5.37. The van der Waals surface area contributed by atoms with Crippen LogP contribution in [0.3, 0.4) is 0 Å². The molecule has 2 nitrogen and oxygen atoms in total. The number of pyridine rings is 1. The van der Waals surface area contributed by atoms with E-state index in [4.69, 9.17) is 0 Å². The predicted octanol–water partition coefficient (Wildman–Crippen LogP) is 3.07. The van der Waals surface area contributed by atoms with Gasteiger partial charge in [0.05, 0.1) is 0 Å². The van der Waals surface area contributed by atoms with Crippen LogP contribution in [0, 0.1) is 5.92 Å². The summed E-state index contributed by atoms with van der Waals surface area (Å²) < 4.78 is 0. The van der Waals surface area contributed by atoms with E-state index >= 15 is 0 Å². The SMILES string of the molecule is CC(C)(Nc1ccncc1)C1CCC1. The maximum absolute atomic E-state index is 4.01. The minimum Gasteiger partial charge on any atom is -0.380 e. The summed E-state index contributed by atoms with van der Waals surface area (Å²) in [6, 6.07) is 4.06. The van der Waals surface area contributed by atoms with Gasteiger partial charge in [-0.3, -0.25) is 4.98 Å². The van der Waals surface area contributed by atoms with Crippen LogP contribution in [0.5, 0.6) is 0 Å². The van der Waals surface area contributed by atoms with Crippen LogP contribution in [-0.4, -0.2) is 10.5 Å². The highest BCUT2D eigenvalue weighted by Crippen LogP contribution is 2.37. The standard InChI is InChI=1S/C12H18N2/c1-12(2,10-4-3-5-10)14-11-6-8-13-9-7-11/h6-10H,3-5H2,1-2H3,(H,13,14). The summed E-state index contributed by atoms with van der Waals surface area (Å²) in [4.78, 5) is 4.01. The number of hydrogen-bond acceptors (Lipinski definition) is 2. The second-order valence-corrected chi connectivity index (χ2v) is 4.71. The van der Waals surface area contributed by atoms with Gasteiger partial charge in [0.25, 0.3) is 0 Å². The Labute approximate surface area is 85.7 Å². The molecule has 76 valence electrons. The lowest BCUT2D eigenvalue weighted by molar-refractivity contribution is 0.216. The molecule has 1 aliphatic rings. The molecule has 2 heteroatoms. The zero-order valence-electron chi connectivity index (χ0n) is 8.96. The fraction of sp³-hybridized carbons (Fsp3) is 0.583. The summed E-state index contributed by atoms with van der Waals surface area (Å²) in [5.41, 5.74) is 1.40. The largest absolute Gasteiger partial charge is 0.380 e. The minimum atomic E-state index is 0.222. The molecule has 1 aliphatic carbocycles. The second kappa shape index (κ2) is 3.60. The molecule has 1 N–H and O–H groups in total. The monoisotopic (exact) mass is 190 g/mol. The molecule has 1 saturated carbocycles. The highest BCUT2D eigenvalue weighted by molar-refractivity contribution is 5.43. The lowest BCUT2D eigenvalue weighted by Crippen LogP contribution is -2.42. The Hall–Kier alpha value is -1.05. The van der Waals surface area contributed by atoms with Gasteiger partial charge in [0.15, 0.2) is 0 Å². The van der Waals surface area contributed by atoms with E-state index in [2.05, 4.69) is 24.1 Å². The molecule has 0 radical (unpaired) electrons. The number of nitrogens with one attached hydrogen (secondary N) is 1. The molecule has 14 heavy (non-hydrogen) atoms. The third-order valence-electron chi connectivity index (χ3n) is 3.27. The van der Waals surface area contributed by atoms with Crippen molar-refractivity contribution in [2.45, 2.75) is 38.6 Å². The summed E-state index contributed by atoms with van der Waals surface area (Å²) in [6.45, 7) is 4.58. The van der Waals surface area contributed by atoms with Gasteiger partial charge in [-0.15, -0.1) is 0 Å². The van der Waals surface area contributed by atoms with Gasteiger partial charge in [-0.25, -0.2) is 0 Å². The van der Waals surface area contributed by atoms with Crippen molar-refractivity contribution in [1.82, 2.24) is 4.98 Å². The van der Waals surface area contributed by atoms with E-state index in [0.717, 1.165) is 5.92 Å². The molecule has 1 aromatic rings. The molecule has 0 atom stereocenters. The third-order valence-corrected chi connectivity index (χ3v) is 3.27. The van der Waals surface area contributed by atoms with Crippen LogP contribution in [0.2, 0.25) is 0 Å². The van der Waals surface area contributed by atoms with Gasteiger partial charge >= 0.3 is 0 Å². The molecule has 0 aromatic carbocycles. The molecule has 1 heterocycles. The van der Waals surface area contributed by atoms with Crippen molar-refractivity contribution in [1.29, 1.82) is 0 Å². The van der Waals surface area contributed by atoms with Crippen molar-refractivity contribution < 1.29 is 0 Å². The molecule has 0 saturated heterocycles. The Morgan fingerprint density at radius 2 is 1.93 bits per heavy atom. The number of anilines is 1. The molecule has 1 aromatic heterocycles. The summed E-state index contributed by atoms with van der Waals surface area (Å²) in [5.74, 6) is 0.829. The molecule has 0 aliphatic heterocycles. The van der Waals surface area contributed by atoms with E-state index in [1.165, 1.54) is 24.9 Å². The van der Waals surface area contributed by atoms with Gasteiger partial charge < -0.3 is 5.32 Å². The second-order valence-electron chi connectivity index (χ2n) is 4.71. The van der Waals surface area contributed by atoms with Gasteiger partial charge in [-0.2, -0.15) is 0 Å². The van der Waals surface area contributed by atoms with E-state index in [1.807, 2.05) is 24.5 Å². The lowest BCUT2D eigenvalue weighted by Gasteiger charge is -2.41. The molecular weight excluding hydrogens is 172 g/mol. The van der Waals surface area contributed by atoms with Crippen molar-refractivity contribution >= 4 is 5.69 Å². The topological polar surface area (TPSA) is 24.9 Å². The number of hydrogen-bond donors (Lipinski definition) is 1. The smallest absolute Gasteiger partial charge is 0.0375 e. The average Bonchev–Trinajstić information content (AvgIpc) is 2.00. The van der Waals surface area contributed by atoms with E-state index in [1.54, 1.807) is 0 Å². The molecular formula is C12H18N2. The van der Waals surface area contributed by atoms with Crippen molar-refractivity contribution in [3.05, 3.63) is 24.5 Å². The Kier molecular flexibility index (Phi) is 2.44. The first-order valence-corrected chi connectivity index (χ1v) is 5.37. The number of nitrogens with zero attached hydrogens (tertiary/aromatic N) is 1. The van der Waals surface area contributed by atoms with Crippen molar-refractivity contribution in [3.8, 4) is 0 Å². The van der Waals surface area contributed by atoms with Crippen LogP contribution < -0.4 is 5.32 Å². The maximum Gasteiger partial charge on any atom is 0.0375 e. The molecule has 0 bridgehead atoms. The van der Waals surface area contributed by atoms with E-state index < -0.39 is 0 Å². The first kappa shape index (κ1) is 9.50. The third kappa shape index (κ3) is 1.89. The molecule has 0 spiro atoms. The normalized spacial score (nSPS) is 17.6. The Balaban J connectivity index is 2.02. The number of aromatic nitrogens is 1. The van der Waals surface area contributed by atoms with E-state index in [0.29, 0.717) is 0 Å². The van der Waals surface area contributed by atoms with Crippen LogP contribution in [0.4, 0.5) is 5.69 Å². The van der Waals surface area contributed by atoms with Crippen LogP contribution in [-0.2, 0) is 0 Å². The average molecular weight is 190 g/mol. The lowest BCUT2D eigenvalue weighted by atomic mass is 9.72. The van der Waals surface area contributed by atoms with Crippen molar-refractivity contribution in [2.24, 2.45) is 5.92 Å². The van der Waals surface area contributed by atoms with Crippen LogP contribution in [0.25, 0.3) is 0 Å². The van der Waals surface area contributed by atoms with Crippen LogP contribution in [0.15, 0.2) is 24.5 Å². The molecule has 0 amide bonds. The fourth-order valence-corrected chi connectivity index (χ4v) is 2.04. The van der Waals surface area contributed by atoms with Crippen LogP contribution in [0.1, 0.15) is 33.1 Å².